The van der Waals surface area contributed by atoms with E-state index < -0.39 is 17.9 Å². The van der Waals surface area contributed by atoms with Gasteiger partial charge in [-0.15, -0.1) is 0 Å². The zero-order chi connectivity index (χ0) is 15.1. The average Bonchev–Trinajstić information content (AvgIpc) is 2.73. The van der Waals surface area contributed by atoms with Gasteiger partial charge in [0.25, 0.3) is 0 Å². The highest BCUT2D eigenvalue weighted by atomic mass is 16.5. The van der Waals surface area contributed by atoms with E-state index in [1.54, 1.807) is 24.0 Å². The lowest BCUT2D eigenvalue weighted by atomic mass is 10.0. The summed E-state index contributed by atoms with van der Waals surface area (Å²) in [5.74, 6) is -1.27. The highest BCUT2D eigenvalue weighted by Crippen LogP contribution is 2.05. The number of hydrogen-bond acceptors (Lipinski definition) is 4. The van der Waals surface area contributed by atoms with Crippen molar-refractivity contribution in [2.24, 2.45) is 13.0 Å². The summed E-state index contributed by atoms with van der Waals surface area (Å²) >= 11 is 0. The maximum Gasteiger partial charge on any atom is 0.326 e. The number of carbonyl (C=O) groups is 2. The number of aliphatic carboxylic acids is 1. The van der Waals surface area contributed by atoms with E-state index in [0.717, 1.165) is 5.69 Å². The van der Waals surface area contributed by atoms with E-state index in [2.05, 4.69) is 10.4 Å². The molecule has 1 rings (SSSR count). The summed E-state index contributed by atoms with van der Waals surface area (Å²) in [7, 11) is 1.78. The molecule has 0 aromatic carbocycles. The summed E-state index contributed by atoms with van der Waals surface area (Å²) in [5.41, 5.74) is 0.842. The van der Waals surface area contributed by atoms with E-state index in [-0.39, 0.29) is 19.1 Å². The molecule has 1 atom stereocenters. The van der Waals surface area contributed by atoms with Crippen LogP contribution in [-0.2, 0) is 28.0 Å². The molecule has 0 saturated carbocycles. The predicted octanol–water partition coefficient (Wildman–Crippen LogP) is 0.552. The highest BCUT2D eigenvalue weighted by Gasteiger charge is 2.20. The lowest BCUT2D eigenvalue weighted by molar-refractivity contribution is -0.143. The van der Waals surface area contributed by atoms with E-state index >= 15 is 0 Å². The van der Waals surface area contributed by atoms with Gasteiger partial charge in [0, 0.05) is 13.2 Å². The van der Waals surface area contributed by atoms with E-state index in [0.29, 0.717) is 6.42 Å². The molecular weight excluding hydrogens is 262 g/mol. The molecule has 0 aliphatic heterocycles. The first-order chi connectivity index (χ1) is 9.40. The van der Waals surface area contributed by atoms with Gasteiger partial charge in [-0.3, -0.25) is 9.48 Å². The number of nitrogens with zero attached hydrogens (tertiary/aromatic N) is 2. The summed E-state index contributed by atoms with van der Waals surface area (Å²) < 4.78 is 6.89. The Hall–Kier alpha value is -1.89. The average molecular weight is 283 g/mol. The van der Waals surface area contributed by atoms with Gasteiger partial charge in [-0.05, 0) is 18.4 Å². The van der Waals surface area contributed by atoms with Crippen LogP contribution in [0.2, 0.25) is 0 Å². The number of aromatic nitrogens is 2. The summed E-state index contributed by atoms with van der Waals surface area (Å²) in [6.07, 6.45) is 2.03. The first kappa shape index (κ1) is 16.2. The van der Waals surface area contributed by atoms with Crippen molar-refractivity contribution in [3.63, 3.8) is 0 Å². The lowest BCUT2D eigenvalue weighted by Gasteiger charge is -2.16. The van der Waals surface area contributed by atoms with Crippen molar-refractivity contribution >= 4 is 11.9 Å². The summed E-state index contributed by atoms with van der Waals surface area (Å²) in [6, 6.07) is 0.916. The van der Waals surface area contributed by atoms with Crippen LogP contribution in [0.1, 0.15) is 26.0 Å². The second-order valence-electron chi connectivity index (χ2n) is 5.03. The SMILES string of the molecule is CC(C)C[C@@H](NC(=O)COCc1ccnn1C)C(=O)O. The number of amides is 1. The van der Waals surface area contributed by atoms with Crippen LogP contribution in [0, 0.1) is 5.92 Å². The Labute approximate surface area is 117 Å². The fourth-order valence-electron chi connectivity index (χ4n) is 1.72. The normalized spacial score (nSPS) is 12.4. The van der Waals surface area contributed by atoms with E-state index in [4.69, 9.17) is 9.84 Å². The number of rotatable bonds is 8. The molecule has 0 unspecified atom stereocenters. The van der Waals surface area contributed by atoms with E-state index in [1.165, 1.54) is 0 Å². The van der Waals surface area contributed by atoms with Crippen LogP contribution in [0.5, 0.6) is 0 Å². The second-order valence-corrected chi connectivity index (χ2v) is 5.03. The molecular formula is C13H21N3O4. The Morgan fingerprint density at radius 3 is 2.70 bits per heavy atom. The number of carbonyl (C=O) groups excluding carboxylic acids is 1. The molecule has 7 heteroatoms. The van der Waals surface area contributed by atoms with Gasteiger partial charge in [0.2, 0.25) is 5.91 Å². The Morgan fingerprint density at radius 1 is 1.50 bits per heavy atom. The molecule has 2 N–H and O–H groups in total. The third-order valence-electron chi connectivity index (χ3n) is 2.75. The Morgan fingerprint density at radius 2 is 2.20 bits per heavy atom. The number of aryl methyl sites for hydroxylation is 1. The number of carboxylic acids is 1. The van der Waals surface area contributed by atoms with Gasteiger partial charge in [0.05, 0.1) is 12.3 Å². The van der Waals surface area contributed by atoms with Gasteiger partial charge < -0.3 is 15.2 Å². The molecule has 1 amide bonds. The molecule has 1 aromatic rings. The molecule has 0 spiro atoms. The Bertz CT molecular complexity index is 456. The van der Waals surface area contributed by atoms with Crippen molar-refractivity contribution in [1.29, 1.82) is 0 Å². The molecule has 20 heavy (non-hydrogen) atoms. The van der Waals surface area contributed by atoms with Gasteiger partial charge in [0.1, 0.15) is 12.6 Å². The maximum atomic E-state index is 11.6. The van der Waals surface area contributed by atoms with Crippen LogP contribution in [0.25, 0.3) is 0 Å². The lowest BCUT2D eigenvalue weighted by Crippen LogP contribution is -2.43. The zero-order valence-electron chi connectivity index (χ0n) is 12.0. The number of ether oxygens (including phenoxy) is 1. The molecule has 1 aromatic heterocycles. The monoisotopic (exact) mass is 283 g/mol. The van der Waals surface area contributed by atoms with Gasteiger partial charge in [0.15, 0.2) is 0 Å². The van der Waals surface area contributed by atoms with Crippen molar-refractivity contribution in [3.05, 3.63) is 18.0 Å². The molecule has 112 valence electrons. The molecule has 0 aliphatic rings. The third kappa shape index (κ3) is 5.40. The summed E-state index contributed by atoms with van der Waals surface area (Å²) in [4.78, 5) is 22.6. The first-order valence-corrected chi connectivity index (χ1v) is 6.47. The maximum absolute atomic E-state index is 11.6. The zero-order valence-corrected chi connectivity index (χ0v) is 12.0. The molecule has 7 nitrogen and oxygen atoms in total. The van der Waals surface area contributed by atoms with E-state index in [1.807, 2.05) is 13.8 Å². The van der Waals surface area contributed by atoms with E-state index in [9.17, 15) is 9.59 Å². The van der Waals surface area contributed by atoms with Gasteiger partial charge in [-0.25, -0.2) is 4.79 Å². The molecule has 0 saturated heterocycles. The minimum atomic E-state index is -1.03. The van der Waals surface area contributed by atoms with Crippen molar-refractivity contribution in [2.75, 3.05) is 6.61 Å². The third-order valence-corrected chi connectivity index (χ3v) is 2.75. The van der Waals surface area contributed by atoms with Crippen molar-refractivity contribution in [3.8, 4) is 0 Å². The number of carboxylic acid groups (broad SMARTS) is 1. The first-order valence-electron chi connectivity index (χ1n) is 6.47. The topological polar surface area (TPSA) is 93.5 Å². The smallest absolute Gasteiger partial charge is 0.326 e. The Kier molecular flexibility index (Phi) is 6.17. The summed E-state index contributed by atoms with van der Waals surface area (Å²) in [5, 5.41) is 15.4. The highest BCUT2D eigenvalue weighted by molar-refractivity contribution is 5.84. The van der Waals surface area contributed by atoms with Crippen LogP contribution >= 0.6 is 0 Å². The minimum Gasteiger partial charge on any atom is -0.480 e. The molecule has 1 heterocycles. The van der Waals surface area contributed by atoms with Crippen LogP contribution in [0.4, 0.5) is 0 Å². The number of nitrogens with one attached hydrogen (secondary N) is 1. The largest absolute Gasteiger partial charge is 0.480 e. The molecule has 0 aliphatic carbocycles. The van der Waals surface area contributed by atoms with Crippen LogP contribution in [0.3, 0.4) is 0 Å². The van der Waals surface area contributed by atoms with Crippen LogP contribution in [-0.4, -0.2) is 39.4 Å². The fourth-order valence-corrected chi connectivity index (χ4v) is 1.72. The quantitative estimate of drug-likeness (QED) is 0.727. The molecule has 0 bridgehead atoms. The molecule has 0 radical (unpaired) electrons. The standard InChI is InChI=1S/C13H21N3O4/c1-9(2)6-11(13(18)19)15-12(17)8-20-7-10-4-5-14-16(10)3/h4-5,9,11H,6-8H2,1-3H3,(H,15,17)(H,18,19)/t11-/m1/s1. The van der Waals surface area contributed by atoms with Crippen molar-refractivity contribution in [1.82, 2.24) is 15.1 Å². The van der Waals surface area contributed by atoms with Gasteiger partial charge in [-0.1, -0.05) is 13.8 Å². The Balaban J connectivity index is 2.35. The second kappa shape index (κ2) is 7.64. The molecule has 0 fully saturated rings. The minimum absolute atomic E-state index is 0.174. The van der Waals surface area contributed by atoms with Crippen LogP contribution < -0.4 is 5.32 Å². The van der Waals surface area contributed by atoms with Crippen molar-refractivity contribution in [2.45, 2.75) is 32.9 Å². The fraction of sp³-hybridized carbons (Fsp3) is 0.615. The van der Waals surface area contributed by atoms with Gasteiger partial charge in [-0.2, -0.15) is 5.10 Å². The number of hydrogen-bond donors (Lipinski definition) is 2. The van der Waals surface area contributed by atoms with Crippen molar-refractivity contribution < 1.29 is 19.4 Å². The van der Waals surface area contributed by atoms with Gasteiger partial charge >= 0.3 is 5.97 Å². The predicted molar refractivity (Wildman–Crippen MR) is 71.9 cm³/mol. The van der Waals surface area contributed by atoms with Crippen LogP contribution in [0.15, 0.2) is 12.3 Å². The summed E-state index contributed by atoms with van der Waals surface area (Å²) in [6.45, 7) is 3.89.